The first-order valence-electron chi connectivity index (χ1n) is 6.40. The quantitative estimate of drug-likeness (QED) is 0.812. The SMILES string of the molecule is CN(C1CCCC1CN)S(=O)(=O)CCCC(F)(F)F. The molecule has 2 unspecified atom stereocenters. The van der Waals surface area contributed by atoms with Crippen molar-refractivity contribution in [1.82, 2.24) is 4.31 Å². The van der Waals surface area contributed by atoms with E-state index in [2.05, 4.69) is 0 Å². The Balaban J connectivity index is 2.56. The molecule has 0 radical (unpaired) electrons. The van der Waals surface area contributed by atoms with Gasteiger partial charge in [-0.15, -0.1) is 0 Å². The van der Waals surface area contributed by atoms with E-state index in [1.165, 1.54) is 11.4 Å². The fourth-order valence-electron chi connectivity index (χ4n) is 2.58. The van der Waals surface area contributed by atoms with Gasteiger partial charge in [0.2, 0.25) is 10.0 Å². The van der Waals surface area contributed by atoms with Crippen LogP contribution < -0.4 is 5.73 Å². The van der Waals surface area contributed by atoms with Crippen molar-refractivity contribution in [3.8, 4) is 0 Å². The van der Waals surface area contributed by atoms with E-state index in [4.69, 9.17) is 5.73 Å². The second kappa shape index (κ2) is 6.41. The zero-order chi connectivity index (χ0) is 14.7. The number of nitrogens with zero attached hydrogens (tertiary/aromatic N) is 1. The maximum Gasteiger partial charge on any atom is 0.389 e. The van der Waals surface area contributed by atoms with Gasteiger partial charge in [-0.3, -0.25) is 0 Å². The third-order valence-corrected chi connectivity index (χ3v) is 5.64. The van der Waals surface area contributed by atoms with E-state index in [0.717, 1.165) is 19.3 Å². The van der Waals surface area contributed by atoms with Crippen LogP contribution in [0.15, 0.2) is 0 Å². The van der Waals surface area contributed by atoms with Gasteiger partial charge in [-0.05, 0) is 31.7 Å². The summed E-state index contributed by atoms with van der Waals surface area (Å²) < 4.78 is 61.3. The maximum atomic E-state index is 12.0. The second-order valence-corrected chi connectivity index (χ2v) is 7.19. The molecule has 1 fully saturated rings. The van der Waals surface area contributed by atoms with Crippen LogP contribution in [0, 0.1) is 5.92 Å². The van der Waals surface area contributed by atoms with Crippen molar-refractivity contribution in [2.75, 3.05) is 19.3 Å². The molecule has 1 aliphatic rings. The largest absolute Gasteiger partial charge is 0.389 e. The minimum Gasteiger partial charge on any atom is -0.330 e. The molecular formula is C11H21F3N2O2S. The van der Waals surface area contributed by atoms with Crippen molar-refractivity contribution >= 4 is 10.0 Å². The molecule has 0 saturated heterocycles. The summed E-state index contributed by atoms with van der Waals surface area (Å²) >= 11 is 0. The van der Waals surface area contributed by atoms with Crippen molar-refractivity contribution < 1.29 is 21.6 Å². The normalized spacial score (nSPS) is 25.2. The van der Waals surface area contributed by atoms with Crippen LogP contribution in [0.4, 0.5) is 13.2 Å². The van der Waals surface area contributed by atoms with Gasteiger partial charge in [-0.1, -0.05) is 6.42 Å². The van der Waals surface area contributed by atoms with Gasteiger partial charge >= 0.3 is 6.18 Å². The minimum absolute atomic E-state index is 0.113. The number of nitrogens with two attached hydrogens (primary N) is 1. The molecule has 114 valence electrons. The highest BCUT2D eigenvalue weighted by atomic mass is 32.2. The fraction of sp³-hybridized carbons (Fsp3) is 1.00. The lowest BCUT2D eigenvalue weighted by Gasteiger charge is -2.28. The van der Waals surface area contributed by atoms with Gasteiger partial charge in [0, 0.05) is 19.5 Å². The Morgan fingerprint density at radius 3 is 2.47 bits per heavy atom. The topological polar surface area (TPSA) is 63.4 Å². The molecule has 0 amide bonds. The number of hydrogen-bond donors (Lipinski definition) is 1. The number of alkyl halides is 3. The lowest BCUT2D eigenvalue weighted by Crippen LogP contribution is -2.42. The smallest absolute Gasteiger partial charge is 0.330 e. The van der Waals surface area contributed by atoms with Gasteiger partial charge in [-0.25, -0.2) is 12.7 Å². The lowest BCUT2D eigenvalue weighted by atomic mass is 10.0. The van der Waals surface area contributed by atoms with Crippen LogP contribution in [0.25, 0.3) is 0 Å². The Labute approximate surface area is 112 Å². The Morgan fingerprint density at radius 1 is 1.32 bits per heavy atom. The third-order valence-electron chi connectivity index (χ3n) is 3.69. The van der Waals surface area contributed by atoms with Gasteiger partial charge in [0.1, 0.15) is 0 Å². The fourth-order valence-corrected chi connectivity index (χ4v) is 4.06. The van der Waals surface area contributed by atoms with Crippen LogP contribution in [-0.4, -0.2) is 44.3 Å². The highest BCUT2D eigenvalue weighted by Gasteiger charge is 2.35. The summed E-state index contributed by atoms with van der Waals surface area (Å²) in [4.78, 5) is 0. The summed E-state index contributed by atoms with van der Waals surface area (Å²) in [6.07, 6.45) is -3.24. The second-order valence-electron chi connectivity index (χ2n) is 5.04. The molecule has 0 aromatic rings. The standard InChI is InChI=1S/C11H21F3N2O2S/c1-16(10-5-2-4-9(10)8-15)19(17,18)7-3-6-11(12,13)14/h9-10H,2-8,15H2,1H3. The predicted molar refractivity (Wildman–Crippen MR) is 67.0 cm³/mol. The van der Waals surface area contributed by atoms with Crippen molar-refractivity contribution in [2.45, 2.75) is 44.3 Å². The number of rotatable bonds is 6. The monoisotopic (exact) mass is 302 g/mol. The molecule has 8 heteroatoms. The summed E-state index contributed by atoms with van der Waals surface area (Å²) in [6, 6.07) is -0.166. The molecule has 2 atom stereocenters. The lowest BCUT2D eigenvalue weighted by molar-refractivity contribution is -0.134. The summed E-state index contributed by atoms with van der Waals surface area (Å²) in [5, 5.41) is 0. The zero-order valence-electron chi connectivity index (χ0n) is 11.0. The van der Waals surface area contributed by atoms with E-state index >= 15 is 0 Å². The summed E-state index contributed by atoms with van der Waals surface area (Å²) in [7, 11) is -2.19. The van der Waals surface area contributed by atoms with E-state index in [1.54, 1.807) is 0 Å². The van der Waals surface area contributed by atoms with Crippen LogP contribution in [0.2, 0.25) is 0 Å². The first-order chi connectivity index (χ1) is 8.67. The maximum absolute atomic E-state index is 12.0. The van der Waals surface area contributed by atoms with Crippen molar-refractivity contribution in [2.24, 2.45) is 11.7 Å². The van der Waals surface area contributed by atoms with Crippen LogP contribution in [-0.2, 0) is 10.0 Å². The van der Waals surface area contributed by atoms with E-state index < -0.39 is 34.8 Å². The molecule has 19 heavy (non-hydrogen) atoms. The number of hydrogen-bond acceptors (Lipinski definition) is 3. The Morgan fingerprint density at radius 2 is 1.95 bits per heavy atom. The zero-order valence-corrected chi connectivity index (χ0v) is 11.8. The molecular weight excluding hydrogens is 281 g/mol. The van der Waals surface area contributed by atoms with Gasteiger partial charge < -0.3 is 5.73 Å². The van der Waals surface area contributed by atoms with E-state index in [-0.39, 0.29) is 12.0 Å². The number of sulfonamides is 1. The average molecular weight is 302 g/mol. The minimum atomic E-state index is -4.30. The summed E-state index contributed by atoms with van der Waals surface area (Å²) in [5.41, 5.74) is 5.59. The molecule has 1 saturated carbocycles. The average Bonchev–Trinajstić information content (AvgIpc) is 2.73. The highest BCUT2D eigenvalue weighted by molar-refractivity contribution is 7.89. The van der Waals surface area contributed by atoms with E-state index in [1.807, 2.05) is 0 Å². The summed E-state index contributed by atoms with van der Waals surface area (Å²) in [6.45, 7) is 0.410. The van der Waals surface area contributed by atoms with E-state index in [0.29, 0.717) is 6.54 Å². The first-order valence-corrected chi connectivity index (χ1v) is 8.01. The van der Waals surface area contributed by atoms with Crippen molar-refractivity contribution in [3.63, 3.8) is 0 Å². The Bertz CT molecular complexity index is 384. The van der Waals surface area contributed by atoms with Gasteiger partial charge in [-0.2, -0.15) is 13.2 Å². The molecule has 4 nitrogen and oxygen atoms in total. The van der Waals surface area contributed by atoms with Crippen LogP contribution in [0.3, 0.4) is 0 Å². The van der Waals surface area contributed by atoms with Crippen LogP contribution >= 0.6 is 0 Å². The molecule has 0 spiro atoms. The third kappa shape index (κ3) is 4.92. The molecule has 0 bridgehead atoms. The molecule has 2 N–H and O–H groups in total. The van der Waals surface area contributed by atoms with Gasteiger partial charge in [0.15, 0.2) is 0 Å². The van der Waals surface area contributed by atoms with Gasteiger partial charge in [0.25, 0.3) is 0 Å². The molecule has 0 aromatic carbocycles. The van der Waals surface area contributed by atoms with Gasteiger partial charge in [0.05, 0.1) is 5.75 Å². The predicted octanol–water partition coefficient (Wildman–Crippen LogP) is 1.72. The summed E-state index contributed by atoms with van der Waals surface area (Å²) in [5.74, 6) is -0.348. The van der Waals surface area contributed by atoms with Crippen molar-refractivity contribution in [1.29, 1.82) is 0 Å². The van der Waals surface area contributed by atoms with Crippen LogP contribution in [0.1, 0.15) is 32.1 Å². The molecule has 0 aromatic heterocycles. The van der Waals surface area contributed by atoms with Crippen molar-refractivity contribution in [3.05, 3.63) is 0 Å². The van der Waals surface area contributed by atoms with Crippen LogP contribution in [0.5, 0.6) is 0 Å². The molecule has 1 aliphatic carbocycles. The molecule has 0 aliphatic heterocycles. The highest BCUT2D eigenvalue weighted by Crippen LogP contribution is 2.30. The Hall–Kier alpha value is -0.340. The molecule has 1 rings (SSSR count). The first kappa shape index (κ1) is 16.7. The van der Waals surface area contributed by atoms with E-state index in [9.17, 15) is 21.6 Å². The Kier molecular flexibility index (Phi) is 5.64. The number of halogens is 3. The molecule has 0 heterocycles.